The van der Waals surface area contributed by atoms with Gasteiger partial charge < -0.3 is 14.6 Å². The van der Waals surface area contributed by atoms with Gasteiger partial charge >= 0.3 is 7.12 Å². The zero-order valence-electron chi connectivity index (χ0n) is 15.3. The van der Waals surface area contributed by atoms with Gasteiger partial charge in [0.2, 0.25) is 0 Å². The second kappa shape index (κ2) is 6.99. The molecule has 1 aromatic rings. The second-order valence-corrected chi connectivity index (χ2v) is 8.57. The van der Waals surface area contributed by atoms with Gasteiger partial charge in [0.25, 0.3) is 0 Å². The highest BCUT2D eigenvalue weighted by atomic mass is 35.5. The predicted molar refractivity (Wildman–Crippen MR) is 101 cm³/mol. The summed E-state index contributed by atoms with van der Waals surface area (Å²) in [6.07, 6.45) is 6.66. The Bertz CT molecular complexity index is 569. The summed E-state index contributed by atoms with van der Waals surface area (Å²) in [6, 6.07) is 6.86. The first-order valence-corrected chi connectivity index (χ1v) is 9.54. The summed E-state index contributed by atoms with van der Waals surface area (Å²) >= 11 is 6.53. The lowest BCUT2D eigenvalue weighted by molar-refractivity contribution is 0.00578. The molecule has 1 aliphatic heterocycles. The molecule has 0 aromatic heterocycles. The van der Waals surface area contributed by atoms with E-state index in [-0.39, 0.29) is 11.2 Å². The van der Waals surface area contributed by atoms with E-state index in [4.69, 9.17) is 20.9 Å². The van der Waals surface area contributed by atoms with E-state index >= 15 is 0 Å². The van der Waals surface area contributed by atoms with Crippen LogP contribution in [0.25, 0.3) is 0 Å². The van der Waals surface area contributed by atoms with Crippen molar-refractivity contribution in [1.29, 1.82) is 0 Å². The molecule has 3 nitrogen and oxygen atoms in total. The molecule has 1 aliphatic carbocycles. The molecule has 1 aromatic carbocycles. The topological polar surface area (TPSA) is 30.5 Å². The zero-order valence-corrected chi connectivity index (χ0v) is 16.1. The van der Waals surface area contributed by atoms with Crippen molar-refractivity contribution in [2.24, 2.45) is 0 Å². The average molecular weight is 350 g/mol. The molecule has 2 aliphatic rings. The van der Waals surface area contributed by atoms with Gasteiger partial charge in [-0.15, -0.1) is 0 Å². The molecule has 2 fully saturated rings. The molecule has 132 valence electrons. The van der Waals surface area contributed by atoms with Gasteiger partial charge in [0, 0.05) is 23.1 Å². The predicted octanol–water partition coefficient (Wildman–Crippen LogP) is 4.06. The first kappa shape index (κ1) is 18.3. The molecule has 0 bridgehead atoms. The van der Waals surface area contributed by atoms with Crippen LogP contribution < -0.4 is 10.8 Å². The van der Waals surface area contributed by atoms with E-state index in [1.54, 1.807) is 0 Å². The minimum absolute atomic E-state index is 0.345. The SMILES string of the molecule is CC1(C)OB(c2ccc(CNC3CCCCC3)cc2Cl)OC1(C)C. The summed E-state index contributed by atoms with van der Waals surface area (Å²) in [6.45, 7) is 9.10. The Morgan fingerprint density at radius 2 is 1.71 bits per heavy atom. The lowest BCUT2D eigenvalue weighted by atomic mass is 9.78. The van der Waals surface area contributed by atoms with Crippen molar-refractivity contribution in [2.75, 3.05) is 0 Å². The summed E-state index contributed by atoms with van der Waals surface area (Å²) in [7, 11) is -0.400. The third-order valence-corrected chi connectivity index (χ3v) is 6.10. The van der Waals surface area contributed by atoms with Crippen LogP contribution in [0, 0.1) is 0 Å². The van der Waals surface area contributed by atoms with Crippen molar-refractivity contribution in [3.8, 4) is 0 Å². The van der Waals surface area contributed by atoms with Crippen LogP contribution in [0.1, 0.15) is 65.4 Å². The first-order valence-electron chi connectivity index (χ1n) is 9.16. The Balaban J connectivity index is 1.65. The van der Waals surface area contributed by atoms with Crippen LogP contribution in [0.4, 0.5) is 0 Å². The van der Waals surface area contributed by atoms with Crippen molar-refractivity contribution in [3.63, 3.8) is 0 Å². The number of nitrogens with one attached hydrogen (secondary N) is 1. The fraction of sp³-hybridized carbons (Fsp3) is 0.684. The molecule has 0 atom stereocenters. The van der Waals surface area contributed by atoms with Gasteiger partial charge in [-0.05, 0) is 52.2 Å². The third kappa shape index (κ3) is 3.82. The molecular weight excluding hydrogens is 320 g/mol. The lowest BCUT2D eigenvalue weighted by Gasteiger charge is -2.32. The van der Waals surface area contributed by atoms with Gasteiger partial charge in [-0.25, -0.2) is 0 Å². The number of halogens is 1. The third-order valence-electron chi connectivity index (χ3n) is 5.77. The maximum atomic E-state index is 6.53. The van der Waals surface area contributed by atoms with Gasteiger partial charge in [-0.1, -0.05) is 43.0 Å². The Kier molecular flexibility index (Phi) is 5.32. The van der Waals surface area contributed by atoms with Crippen LogP contribution in [0.15, 0.2) is 18.2 Å². The van der Waals surface area contributed by atoms with Gasteiger partial charge in [-0.3, -0.25) is 0 Å². The summed E-state index contributed by atoms with van der Waals surface area (Å²) < 4.78 is 12.2. The molecule has 1 heterocycles. The van der Waals surface area contributed by atoms with E-state index in [1.807, 2.05) is 12.1 Å². The van der Waals surface area contributed by atoms with Crippen LogP contribution in [0.3, 0.4) is 0 Å². The molecular formula is C19H29BClNO2. The minimum Gasteiger partial charge on any atom is -0.399 e. The van der Waals surface area contributed by atoms with Crippen LogP contribution in [-0.4, -0.2) is 24.4 Å². The second-order valence-electron chi connectivity index (χ2n) is 8.16. The van der Waals surface area contributed by atoms with E-state index in [1.165, 1.54) is 37.7 Å². The van der Waals surface area contributed by atoms with Gasteiger partial charge in [0.05, 0.1) is 11.2 Å². The van der Waals surface area contributed by atoms with Crippen molar-refractivity contribution in [2.45, 2.75) is 83.6 Å². The van der Waals surface area contributed by atoms with Crippen molar-refractivity contribution < 1.29 is 9.31 Å². The van der Waals surface area contributed by atoms with Crippen LogP contribution in [0.5, 0.6) is 0 Å². The Morgan fingerprint density at radius 1 is 1.08 bits per heavy atom. The highest BCUT2D eigenvalue weighted by Gasteiger charge is 2.52. The summed E-state index contributed by atoms with van der Waals surface area (Å²) in [5.41, 5.74) is 1.44. The van der Waals surface area contributed by atoms with E-state index in [0.29, 0.717) is 6.04 Å². The fourth-order valence-corrected chi connectivity index (χ4v) is 3.70. The van der Waals surface area contributed by atoms with Gasteiger partial charge in [0.1, 0.15) is 0 Å². The fourth-order valence-electron chi connectivity index (χ4n) is 3.41. The normalized spacial score (nSPS) is 23.6. The number of rotatable bonds is 4. The highest BCUT2D eigenvalue weighted by molar-refractivity contribution is 6.65. The van der Waals surface area contributed by atoms with E-state index in [0.717, 1.165) is 17.0 Å². The Labute approximate surface area is 151 Å². The molecule has 5 heteroatoms. The van der Waals surface area contributed by atoms with Crippen molar-refractivity contribution in [1.82, 2.24) is 5.32 Å². The van der Waals surface area contributed by atoms with Crippen molar-refractivity contribution in [3.05, 3.63) is 28.8 Å². The van der Waals surface area contributed by atoms with Gasteiger partial charge in [0.15, 0.2) is 0 Å². The number of benzene rings is 1. The molecule has 0 amide bonds. The summed E-state index contributed by atoms with van der Waals surface area (Å²) in [5, 5.41) is 4.38. The van der Waals surface area contributed by atoms with E-state index in [9.17, 15) is 0 Å². The molecule has 24 heavy (non-hydrogen) atoms. The zero-order chi connectivity index (χ0) is 17.4. The number of hydrogen-bond acceptors (Lipinski definition) is 3. The quantitative estimate of drug-likeness (QED) is 0.831. The van der Waals surface area contributed by atoms with E-state index < -0.39 is 7.12 Å². The molecule has 0 spiro atoms. The van der Waals surface area contributed by atoms with Crippen LogP contribution in [0.2, 0.25) is 5.02 Å². The molecule has 1 saturated heterocycles. The Hall–Kier alpha value is -0.545. The highest BCUT2D eigenvalue weighted by Crippen LogP contribution is 2.37. The molecule has 3 rings (SSSR count). The van der Waals surface area contributed by atoms with Crippen LogP contribution >= 0.6 is 11.6 Å². The minimum atomic E-state index is -0.400. The number of hydrogen-bond donors (Lipinski definition) is 1. The molecule has 0 radical (unpaired) electrons. The maximum Gasteiger partial charge on any atom is 0.496 e. The Morgan fingerprint density at radius 3 is 2.29 bits per heavy atom. The lowest BCUT2D eigenvalue weighted by Crippen LogP contribution is -2.41. The van der Waals surface area contributed by atoms with Crippen LogP contribution in [-0.2, 0) is 15.9 Å². The maximum absolute atomic E-state index is 6.53. The smallest absolute Gasteiger partial charge is 0.399 e. The monoisotopic (exact) mass is 349 g/mol. The standard InChI is InChI=1S/C19H29BClNO2/c1-18(2)19(3,4)24-20(23-18)16-11-10-14(12-17(16)21)13-22-15-8-6-5-7-9-15/h10-12,15,22H,5-9,13H2,1-4H3. The summed E-state index contributed by atoms with van der Waals surface area (Å²) in [4.78, 5) is 0. The first-order chi connectivity index (χ1) is 11.3. The average Bonchev–Trinajstić information content (AvgIpc) is 2.74. The van der Waals surface area contributed by atoms with Gasteiger partial charge in [-0.2, -0.15) is 0 Å². The summed E-state index contributed by atoms with van der Waals surface area (Å²) in [5.74, 6) is 0. The molecule has 0 unspecified atom stereocenters. The largest absolute Gasteiger partial charge is 0.496 e. The molecule has 1 saturated carbocycles. The van der Waals surface area contributed by atoms with E-state index in [2.05, 4.69) is 39.1 Å². The van der Waals surface area contributed by atoms with Crippen molar-refractivity contribution >= 4 is 24.2 Å². The molecule has 1 N–H and O–H groups in total.